The lowest BCUT2D eigenvalue weighted by Crippen LogP contribution is -2.34. The van der Waals surface area contributed by atoms with Crippen LogP contribution in [0.3, 0.4) is 0 Å². The number of rotatable bonds is 8. The highest BCUT2D eigenvalue weighted by atomic mass is 32.2. The van der Waals surface area contributed by atoms with Crippen molar-refractivity contribution in [3.63, 3.8) is 0 Å². The van der Waals surface area contributed by atoms with Gasteiger partial charge >= 0.3 is 0 Å². The Balaban J connectivity index is 2.21. The fourth-order valence-corrected chi connectivity index (χ4v) is 2.14. The van der Waals surface area contributed by atoms with Gasteiger partial charge in [-0.3, -0.25) is 4.79 Å². The van der Waals surface area contributed by atoms with E-state index < -0.39 is 10.0 Å². The van der Waals surface area contributed by atoms with E-state index >= 15 is 0 Å². The maximum absolute atomic E-state index is 11.5. The molecule has 0 aliphatic rings. The molecule has 8 heteroatoms. The summed E-state index contributed by atoms with van der Waals surface area (Å²) in [5.74, 6) is 0.261. The largest absolute Gasteiger partial charge is 0.493 e. The molecule has 0 spiro atoms. The van der Waals surface area contributed by atoms with Gasteiger partial charge in [-0.1, -0.05) is 0 Å². The molecular formula is C13H21N3O4S. The van der Waals surface area contributed by atoms with Gasteiger partial charge in [0.15, 0.2) is 0 Å². The second-order valence-electron chi connectivity index (χ2n) is 4.62. The highest BCUT2D eigenvalue weighted by Crippen LogP contribution is 2.12. The van der Waals surface area contributed by atoms with E-state index in [4.69, 9.17) is 10.5 Å². The number of sulfonamides is 1. The summed E-state index contributed by atoms with van der Waals surface area (Å²) in [5, 5.41) is 2.54. The third-order valence-electron chi connectivity index (χ3n) is 2.72. The van der Waals surface area contributed by atoms with E-state index in [-0.39, 0.29) is 31.2 Å². The first-order valence-electron chi connectivity index (χ1n) is 6.46. The molecule has 7 nitrogen and oxygen atoms in total. The van der Waals surface area contributed by atoms with Gasteiger partial charge < -0.3 is 15.8 Å². The summed E-state index contributed by atoms with van der Waals surface area (Å²) in [7, 11) is -0.374. The van der Waals surface area contributed by atoms with Crippen molar-refractivity contribution in [2.75, 3.05) is 38.7 Å². The number of hydrogen-bond donors (Lipinski definition) is 2. The van der Waals surface area contributed by atoms with Crippen LogP contribution in [0.1, 0.15) is 6.42 Å². The number of nitrogen functional groups attached to an aromatic ring is 1. The van der Waals surface area contributed by atoms with Crippen molar-refractivity contribution in [3.8, 4) is 5.75 Å². The Morgan fingerprint density at radius 3 is 2.48 bits per heavy atom. The molecule has 3 N–H and O–H groups in total. The van der Waals surface area contributed by atoms with Crippen molar-refractivity contribution < 1.29 is 17.9 Å². The van der Waals surface area contributed by atoms with E-state index in [0.717, 1.165) is 4.31 Å². The third-order valence-corrected chi connectivity index (χ3v) is 4.55. The summed E-state index contributed by atoms with van der Waals surface area (Å²) in [4.78, 5) is 11.5. The molecule has 0 heterocycles. The number of nitrogens with two attached hydrogens (primary N) is 1. The van der Waals surface area contributed by atoms with Crippen LogP contribution in [-0.4, -0.2) is 51.6 Å². The smallest absolute Gasteiger partial charge is 0.223 e. The van der Waals surface area contributed by atoms with Gasteiger partial charge in [-0.25, -0.2) is 12.7 Å². The minimum absolute atomic E-state index is 0.0845. The monoisotopic (exact) mass is 315 g/mol. The van der Waals surface area contributed by atoms with E-state index in [1.54, 1.807) is 24.3 Å². The Hall–Kier alpha value is -1.80. The van der Waals surface area contributed by atoms with Gasteiger partial charge in [0.2, 0.25) is 15.9 Å². The highest BCUT2D eigenvalue weighted by Gasteiger charge is 2.13. The Morgan fingerprint density at radius 2 is 1.90 bits per heavy atom. The van der Waals surface area contributed by atoms with E-state index in [9.17, 15) is 13.2 Å². The summed E-state index contributed by atoms with van der Waals surface area (Å²) < 4.78 is 29.5. The van der Waals surface area contributed by atoms with Gasteiger partial charge in [-0.2, -0.15) is 0 Å². The molecule has 1 aromatic carbocycles. The lowest BCUT2D eigenvalue weighted by atomic mass is 10.3. The van der Waals surface area contributed by atoms with Crippen molar-refractivity contribution in [1.29, 1.82) is 0 Å². The second kappa shape index (κ2) is 7.84. The van der Waals surface area contributed by atoms with Gasteiger partial charge in [-0.15, -0.1) is 0 Å². The second-order valence-corrected chi connectivity index (χ2v) is 6.92. The van der Waals surface area contributed by atoms with Crippen molar-refractivity contribution in [2.45, 2.75) is 6.42 Å². The standard InChI is InChI=1S/C13H21N3O4S/c1-16(2)21(18,19)10-8-15-13(17)7-9-20-12-5-3-11(14)4-6-12/h3-6H,7-10,14H2,1-2H3,(H,15,17). The SMILES string of the molecule is CN(C)S(=O)(=O)CCNC(=O)CCOc1ccc(N)cc1. The van der Waals surface area contributed by atoms with E-state index in [0.29, 0.717) is 11.4 Å². The van der Waals surface area contributed by atoms with Crippen LogP contribution in [0.2, 0.25) is 0 Å². The fourth-order valence-electron chi connectivity index (χ4n) is 1.42. The average Bonchev–Trinajstić information content (AvgIpc) is 2.40. The van der Waals surface area contributed by atoms with Crippen LogP contribution in [0.4, 0.5) is 5.69 Å². The van der Waals surface area contributed by atoms with Crippen LogP contribution < -0.4 is 15.8 Å². The molecule has 0 saturated carbocycles. The van der Waals surface area contributed by atoms with Gasteiger partial charge in [0.05, 0.1) is 18.8 Å². The van der Waals surface area contributed by atoms with Gasteiger partial charge in [0, 0.05) is 26.3 Å². The topological polar surface area (TPSA) is 102 Å². The summed E-state index contributed by atoms with van der Waals surface area (Å²) in [6.45, 7) is 0.303. The first kappa shape index (κ1) is 17.3. The van der Waals surface area contributed by atoms with Crippen LogP contribution >= 0.6 is 0 Å². The number of nitrogens with one attached hydrogen (secondary N) is 1. The fraction of sp³-hybridized carbons (Fsp3) is 0.462. The maximum Gasteiger partial charge on any atom is 0.223 e. The molecule has 1 rings (SSSR count). The number of benzene rings is 1. The molecule has 1 amide bonds. The summed E-state index contributed by atoms with van der Waals surface area (Å²) >= 11 is 0. The van der Waals surface area contributed by atoms with Gasteiger partial charge in [-0.05, 0) is 24.3 Å². The van der Waals surface area contributed by atoms with Crippen molar-refractivity contribution in [2.24, 2.45) is 0 Å². The molecule has 0 unspecified atom stereocenters. The van der Waals surface area contributed by atoms with Gasteiger partial charge in [0.25, 0.3) is 0 Å². The third kappa shape index (κ3) is 6.46. The molecule has 0 fully saturated rings. The maximum atomic E-state index is 11.5. The first-order chi connectivity index (χ1) is 9.81. The molecular weight excluding hydrogens is 294 g/mol. The summed E-state index contributed by atoms with van der Waals surface area (Å²) in [6.07, 6.45) is 0.159. The van der Waals surface area contributed by atoms with Crippen molar-refractivity contribution in [3.05, 3.63) is 24.3 Å². The van der Waals surface area contributed by atoms with E-state index in [2.05, 4.69) is 5.32 Å². The number of hydrogen-bond acceptors (Lipinski definition) is 5. The molecule has 0 saturated heterocycles. The highest BCUT2D eigenvalue weighted by molar-refractivity contribution is 7.89. The lowest BCUT2D eigenvalue weighted by molar-refractivity contribution is -0.121. The number of ether oxygens (including phenoxy) is 1. The zero-order chi connectivity index (χ0) is 15.9. The Morgan fingerprint density at radius 1 is 1.29 bits per heavy atom. The Kier molecular flexibility index (Phi) is 6.44. The zero-order valence-electron chi connectivity index (χ0n) is 12.2. The summed E-state index contributed by atoms with van der Waals surface area (Å²) in [5.41, 5.74) is 6.18. The van der Waals surface area contributed by atoms with E-state index in [1.165, 1.54) is 14.1 Å². The van der Waals surface area contributed by atoms with Crippen LogP contribution in [0.25, 0.3) is 0 Å². The minimum atomic E-state index is -3.29. The number of carbonyl (C=O) groups excluding carboxylic acids is 1. The first-order valence-corrected chi connectivity index (χ1v) is 8.07. The zero-order valence-corrected chi connectivity index (χ0v) is 13.0. The molecule has 0 bridgehead atoms. The van der Waals surface area contributed by atoms with Crippen molar-refractivity contribution >= 4 is 21.6 Å². The number of nitrogens with zero attached hydrogens (tertiary/aromatic N) is 1. The Bertz CT molecular complexity index is 555. The minimum Gasteiger partial charge on any atom is -0.493 e. The molecule has 0 aliphatic carbocycles. The van der Waals surface area contributed by atoms with Crippen LogP contribution in [0.15, 0.2) is 24.3 Å². The molecule has 21 heavy (non-hydrogen) atoms. The van der Waals surface area contributed by atoms with Gasteiger partial charge in [0.1, 0.15) is 5.75 Å². The number of carbonyl (C=O) groups is 1. The van der Waals surface area contributed by atoms with E-state index in [1.807, 2.05) is 0 Å². The molecule has 0 atom stereocenters. The molecule has 0 radical (unpaired) electrons. The van der Waals surface area contributed by atoms with Crippen LogP contribution in [0, 0.1) is 0 Å². The number of anilines is 1. The summed E-state index contributed by atoms with van der Waals surface area (Å²) in [6, 6.07) is 6.86. The van der Waals surface area contributed by atoms with Crippen LogP contribution in [0.5, 0.6) is 5.75 Å². The number of amides is 1. The molecule has 0 aliphatic heterocycles. The quantitative estimate of drug-likeness (QED) is 0.660. The Labute approximate surface area is 125 Å². The predicted molar refractivity (Wildman–Crippen MR) is 81.4 cm³/mol. The molecule has 0 aromatic heterocycles. The van der Waals surface area contributed by atoms with Crippen LogP contribution in [-0.2, 0) is 14.8 Å². The van der Waals surface area contributed by atoms with Crippen molar-refractivity contribution in [1.82, 2.24) is 9.62 Å². The lowest BCUT2D eigenvalue weighted by Gasteiger charge is -2.11. The average molecular weight is 315 g/mol. The predicted octanol–water partition coefficient (Wildman–Crippen LogP) is 0.0453. The molecule has 118 valence electrons. The normalized spacial score (nSPS) is 11.4. The molecule has 1 aromatic rings.